The van der Waals surface area contributed by atoms with Gasteiger partial charge in [-0.25, -0.2) is 9.79 Å². The van der Waals surface area contributed by atoms with E-state index in [4.69, 9.17) is 18.9 Å². The van der Waals surface area contributed by atoms with Gasteiger partial charge in [0.2, 0.25) is 0 Å². The van der Waals surface area contributed by atoms with Crippen LogP contribution < -0.4 is 29.1 Å². The molecule has 3 aromatic carbocycles. The highest BCUT2D eigenvalue weighted by molar-refractivity contribution is 14.1. The summed E-state index contributed by atoms with van der Waals surface area (Å²) in [6, 6.07) is 18.4. The van der Waals surface area contributed by atoms with Crippen LogP contribution in [0.5, 0.6) is 17.2 Å². The van der Waals surface area contributed by atoms with Gasteiger partial charge in [0.05, 0.1) is 36.5 Å². The zero-order valence-corrected chi connectivity index (χ0v) is 28.2. The Morgan fingerprint density at radius 2 is 1.72 bits per heavy atom. The first kappa shape index (κ1) is 31.0. The Bertz CT molecular complexity index is 1870. The van der Waals surface area contributed by atoms with Crippen LogP contribution in [-0.4, -0.2) is 30.9 Å². The predicted molar refractivity (Wildman–Crippen MR) is 178 cm³/mol. The number of halogens is 2. The lowest BCUT2D eigenvalue weighted by Crippen LogP contribution is -2.39. The maximum Gasteiger partial charge on any atom is 0.337 e. The summed E-state index contributed by atoms with van der Waals surface area (Å²) in [4.78, 5) is 31.9. The number of hydrogen-bond acceptors (Lipinski definition) is 8. The van der Waals surface area contributed by atoms with Gasteiger partial charge in [-0.2, -0.15) is 0 Å². The molecule has 0 saturated carbocycles. The molecule has 0 saturated heterocycles. The fraction of sp³-hybridized carbons (Fsp3) is 0.219. The van der Waals surface area contributed by atoms with Crippen molar-refractivity contribution in [2.45, 2.75) is 26.5 Å². The van der Waals surface area contributed by atoms with Gasteiger partial charge in [-0.05, 0) is 96.1 Å². The number of ether oxygens (including phenoxy) is 4. The van der Waals surface area contributed by atoms with E-state index in [1.54, 1.807) is 18.2 Å². The Hall–Kier alpha value is -3.42. The summed E-state index contributed by atoms with van der Waals surface area (Å²) < 4.78 is 26.8. The van der Waals surface area contributed by atoms with E-state index in [0.29, 0.717) is 52.0 Å². The van der Waals surface area contributed by atoms with E-state index in [0.717, 1.165) is 19.2 Å². The Kier molecular flexibility index (Phi) is 10.0. The SMILES string of the molecule is CCOc1ccc([C@H]2C(C(=O)OC)=CN=c3s/c(=C\c4cc(Br)ccc4OCc4ccc(I)cc4)c(=O)n32)cc1OCC. The Morgan fingerprint density at radius 1 is 1.00 bits per heavy atom. The number of benzene rings is 3. The normalized spacial score (nSPS) is 14.4. The number of carbonyl (C=O) groups excluding carboxylic acids is 1. The largest absolute Gasteiger partial charge is 0.490 e. The van der Waals surface area contributed by atoms with Crippen molar-refractivity contribution >= 4 is 61.9 Å². The third kappa shape index (κ3) is 6.89. The molecule has 1 aliphatic heterocycles. The predicted octanol–water partition coefficient (Wildman–Crippen LogP) is 5.76. The molecule has 5 rings (SSSR count). The highest BCUT2D eigenvalue weighted by atomic mass is 127. The van der Waals surface area contributed by atoms with Gasteiger partial charge in [-0.3, -0.25) is 9.36 Å². The van der Waals surface area contributed by atoms with E-state index in [2.05, 4.69) is 43.5 Å². The van der Waals surface area contributed by atoms with E-state index in [1.807, 2.05) is 62.4 Å². The number of thiazole rings is 1. The minimum absolute atomic E-state index is 0.233. The highest BCUT2D eigenvalue weighted by Gasteiger charge is 2.31. The first-order valence-electron chi connectivity index (χ1n) is 13.5. The molecule has 0 fully saturated rings. The maximum absolute atomic E-state index is 14.0. The van der Waals surface area contributed by atoms with Crippen molar-refractivity contribution in [1.29, 1.82) is 0 Å². The zero-order chi connectivity index (χ0) is 30.5. The van der Waals surface area contributed by atoms with E-state index in [-0.39, 0.29) is 11.1 Å². The summed E-state index contributed by atoms with van der Waals surface area (Å²) in [5.41, 5.74) is 2.37. The molecule has 1 aliphatic rings. The number of hydrogen-bond donors (Lipinski definition) is 0. The van der Waals surface area contributed by atoms with Crippen molar-refractivity contribution in [3.8, 4) is 17.2 Å². The molecule has 1 aromatic heterocycles. The van der Waals surface area contributed by atoms with E-state index in [9.17, 15) is 9.59 Å². The molecule has 1 atom stereocenters. The first-order valence-corrected chi connectivity index (χ1v) is 16.2. The first-order chi connectivity index (χ1) is 20.8. The van der Waals surface area contributed by atoms with E-state index in [1.165, 1.54) is 29.2 Å². The summed E-state index contributed by atoms with van der Waals surface area (Å²) in [5.74, 6) is 1.16. The third-order valence-electron chi connectivity index (χ3n) is 6.57. The number of nitrogens with zero attached hydrogens (tertiary/aromatic N) is 2. The summed E-state index contributed by atoms with van der Waals surface area (Å²) in [6.45, 7) is 5.04. The molecule has 0 radical (unpaired) electrons. The Labute approximate surface area is 274 Å². The molecule has 2 heterocycles. The van der Waals surface area contributed by atoms with Crippen molar-refractivity contribution in [2.75, 3.05) is 20.3 Å². The molecule has 4 aromatic rings. The quantitative estimate of drug-likeness (QED) is 0.151. The van der Waals surface area contributed by atoms with Crippen LogP contribution in [-0.2, 0) is 16.1 Å². The minimum Gasteiger partial charge on any atom is -0.490 e. The zero-order valence-electron chi connectivity index (χ0n) is 23.6. The lowest BCUT2D eigenvalue weighted by Gasteiger charge is -2.23. The number of aromatic nitrogens is 1. The monoisotopic (exact) mass is 774 g/mol. The fourth-order valence-electron chi connectivity index (χ4n) is 4.63. The number of fused-ring (bicyclic) bond motifs is 1. The third-order valence-corrected chi connectivity index (χ3v) is 8.78. The van der Waals surface area contributed by atoms with Crippen LogP contribution in [0.15, 0.2) is 86.7 Å². The van der Waals surface area contributed by atoms with Crippen LogP contribution in [0.1, 0.15) is 36.6 Å². The molecule has 8 nitrogen and oxygen atoms in total. The van der Waals surface area contributed by atoms with Gasteiger partial charge in [0, 0.05) is 19.8 Å². The molecule has 0 unspecified atom stereocenters. The van der Waals surface area contributed by atoms with Crippen LogP contribution in [0.3, 0.4) is 0 Å². The summed E-state index contributed by atoms with van der Waals surface area (Å²) in [5, 5.41) is 0. The summed E-state index contributed by atoms with van der Waals surface area (Å²) >= 11 is 7.04. The average molecular weight is 775 g/mol. The van der Waals surface area contributed by atoms with Gasteiger partial charge in [-0.1, -0.05) is 45.5 Å². The van der Waals surface area contributed by atoms with Gasteiger partial charge in [0.15, 0.2) is 16.3 Å². The number of methoxy groups -OCH3 is 1. The smallest absolute Gasteiger partial charge is 0.337 e. The minimum atomic E-state index is -0.778. The molecule has 0 spiro atoms. The summed E-state index contributed by atoms with van der Waals surface area (Å²) in [6.07, 6.45) is 3.26. The molecule has 43 heavy (non-hydrogen) atoms. The second-order valence-corrected chi connectivity index (χ2v) is 12.5. The second kappa shape index (κ2) is 13.9. The van der Waals surface area contributed by atoms with Crippen LogP contribution in [0, 0.1) is 3.57 Å². The average Bonchev–Trinajstić information content (AvgIpc) is 3.32. The number of carbonyl (C=O) groups is 1. The molecule has 0 N–H and O–H groups in total. The van der Waals surface area contributed by atoms with Crippen LogP contribution >= 0.6 is 49.9 Å². The molecular formula is C32H28BrIN2O6S. The highest BCUT2D eigenvalue weighted by Crippen LogP contribution is 2.35. The molecular weight excluding hydrogens is 747 g/mol. The number of esters is 1. The molecule has 222 valence electrons. The molecule has 11 heteroatoms. The van der Waals surface area contributed by atoms with Gasteiger partial charge in [0.25, 0.3) is 5.56 Å². The van der Waals surface area contributed by atoms with Gasteiger partial charge < -0.3 is 18.9 Å². The molecule has 0 amide bonds. The van der Waals surface area contributed by atoms with Gasteiger partial charge >= 0.3 is 5.97 Å². The Morgan fingerprint density at radius 3 is 2.44 bits per heavy atom. The number of rotatable bonds is 10. The van der Waals surface area contributed by atoms with Crippen molar-refractivity contribution in [3.63, 3.8) is 0 Å². The second-order valence-electron chi connectivity index (χ2n) is 9.35. The van der Waals surface area contributed by atoms with Crippen molar-refractivity contribution in [2.24, 2.45) is 4.99 Å². The fourth-order valence-corrected chi connectivity index (χ4v) is 6.33. The summed E-state index contributed by atoms with van der Waals surface area (Å²) in [7, 11) is 1.31. The van der Waals surface area contributed by atoms with Crippen molar-refractivity contribution in [1.82, 2.24) is 4.57 Å². The molecule has 0 bridgehead atoms. The van der Waals surface area contributed by atoms with Crippen LogP contribution in [0.4, 0.5) is 0 Å². The standard InChI is InChI=1S/C32H28BrIN2O6S/c1-4-40-26-12-8-20(15-27(26)41-5-2)29-24(31(38)39-3)17-35-32-36(29)30(37)28(43-32)16-21-14-22(33)9-13-25(21)42-18-19-6-10-23(34)11-7-19/h6-17,29H,4-5,18H2,1-3H3/b28-16-/t29-/m0/s1. The van der Waals surface area contributed by atoms with Crippen LogP contribution in [0.25, 0.3) is 6.08 Å². The lowest BCUT2D eigenvalue weighted by atomic mass is 9.97. The molecule has 0 aliphatic carbocycles. The van der Waals surface area contributed by atoms with Crippen molar-refractivity contribution < 1.29 is 23.7 Å². The van der Waals surface area contributed by atoms with E-state index < -0.39 is 12.0 Å². The van der Waals surface area contributed by atoms with Crippen LogP contribution in [0.2, 0.25) is 0 Å². The maximum atomic E-state index is 14.0. The topological polar surface area (TPSA) is 88.4 Å². The van der Waals surface area contributed by atoms with Gasteiger partial charge in [0.1, 0.15) is 12.4 Å². The Balaban J connectivity index is 1.60. The van der Waals surface area contributed by atoms with Crippen molar-refractivity contribution in [3.05, 3.63) is 117 Å². The van der Waals surface area contributed by atoms with Gasteiger partial charge in [-0.15, -0.1) is 0 Å². The van der Waals surface area contributed by atoms with E-state index >= 15 is 0 Å². The lowest BCUT2D eigenvalue weighted by molar-refractivity contribution is -0.136.